The van der Waals surface area contributed by atoms with Gasteiger partial charge in [-0.1, -0.05) is 37.3 Å². The van der Waals surface area contributed by atoms with Gasteiger partial charge in [0.05, 0.1) is 19.3 Å². The minimum atomic E-state index is -0.405. The summed E-state index contributed by atoms with van der Waals surface area (Å²) in [6.45, 7) is 4.02. The SMILES string of the molecule is CC1CCC(N(C)CC(O)COCc2ccccc2)CC1. The molecule has 1 unspecified atom stereocenters. The molecule has 0 amide bonds. The maximum absolute atomic E-state index is 10.1. The lowest BCUT2D eigenvalue weighted by atomic mass is 9.87. The highest BCUT2D eigenvalue weighted by Crippen LogP contribution is 2.26. The summed E-state index contributed by atoms with van der Waals surface area (Å²) in [7, 11) is 2.13. The molecule has 1 atom stereocenters. The van der Waals surface area contributed by atoms with Gasteiger partial charge in [-0.05, 0) is 44.2 Å². The zero-order valence-corrected chi connectivity index (χ0v) is 13.4. The number of hydrogen-bond acceptors (Lipinski definition) is 3. The monoisotopic (exact) mass is 291 g/mol. The van der Waals surface area contributed by atoms with Gasteiger partial charge in [-0.2, -0.15) is 0 Å². The van der Waals surface area contributed by atoms with E-state index in [0.29, 0.717) is 25.8 Å². The highest BCUT2D eigenvalue weighted by Gasteiger charge is 2.22. The molecule has 1 fully saturated rings. The maximum atomic E-state index is 10.1. The normalized spacial score (nSPS) is 24.2. The lowest BCUT2D eigenvalue weighted by Gasteiger charge is -2.34. The summed E-state index contributed by atoms with van der Waals surface area (Å²) in [5.74, 6) is 0.869. The zero-order chi connectivity index (χ0) is 15.1. The minimum Gasteiger partial charge on any atom is -0.389 e. The Kier molecular flexibility index (Phi) is 6.68. The van der Waals surface area contributed by atoms with E-state index >= 15 is 0 Å². The summed E-state index contributed by atoms with van der Waals surface area (Å²) in [5, 5.41) is 10.1. The summed E-state index contributed by atoms with van der Waals surface area (Å²) in [4.78, 5) is 2.31. The van der Waals surface area contributed by atoms with Crippen molar-refractivity contribution in [3.8, 4) is 0 Å². The van der Waals surface area contributed by atoms with Crippen molar-refractivity contribution < 1.29 is 9.84 Å². The van der Waals surface area contributed by atoms with Gasteiger partial charge in [-0.25, -0.2) is 0 Å². The van der Waals surface area contributed by atoms with Crippen LogP contribution in [0.3, 0.4) is 0 Å². The van der Waals surface area contributed by atoms with Crippen LogP contribution in [0.2, 0.25) is 0 Å². The van der Waals surface area contributed by atoms with Crippen LogP contribution in [0.1, 0.15) is 38.2 Å². The molecule has 1 N–H and O–H groups in total. The van der Waals surface area contributed by atoms with Crippen LogP contribution in [-0.4, -0.2) is 42.4 Å². The molecule has 0 saturated heterocycles. The van der Waals surface area contributed by atoms with Gasteiger partial charge in [0.15, 0.2) is 0 Å². The van der Waals surface area contributed by atoms with Crippen molar-refractivity contribution in [1.29, 1.82) is 0 Å². The van der Waals surface area contributed by atoms with Crippen LogP contribution in [0, 0.1) is 5.92 Å². The van der Waals surface area contributed by atoms with Crippen LogP contribution in [-0.2, 0) is 11.3 Å². The van der Waals surface area contributed by atoms with Crippen molar-refractivity contribution in [3.63, 3.8) is 0 Å². The summed E-state index contributed by atoms with van der Waals surface area (Å²) >= 11 is 0. The molecule has 3 nitrogen and oxygen atoms in total. The molecular weight excluding hydrogens is 262 g/mol. The summed E-state index contributed by atoms with van der Waals surface area (Å²) in [6.07, 6.45) is 4.74. The van der Waals surface area contributed by atoms with E-state index in [4.69, 9.17) is 4.74 Å². The molecule has 2 rings (SSSR count). The van der Waals surface area contributed by atoms with Crippen molar-refractivity contribution in [2.75, 3.05) is 20.2 Å². The van der Waals surface area contributed by atoms with Gasteiger partial charge in [0.2, 0.25) is 0 Å². The minimum absolute atomic E-state index is 0.405. The average Bonchev–Trinajstić information content (AvgIpc) is 2.49. The molecule has 1 aromatic carbocycles. The Morgan fingerprint density at radius 2 is 1.86 bits per heavy atom. The van der Waals surface area contributed by atoms with Gasteiger partial charge < -0.3 is 14.7 Å². The van der Waals surface area contributed by atoms with Gasteiger partial charge in [0.1, 0.15) is 0 Å². The lowest BCUT2D eigenvalue weighted by molar-refractivity contribution is 0.00382. The first-order valence-corrected chi connectivity index (χ1v) is 8.15. The van der Waals surface area contributed by atoms with Gasteiger partial charge >= 0.3 is 0 Å². The van der Waals surface area contributed by atoms with Crippen LogP contribution in [0.4, 0.5) is 0 Å². The second kappa shape index (κ2) is 8.52. The van der Waals surface area contributed by atoms with Crippen LogP contribution in [0.25, 0.3) is 0 Å². The first kappa shape index (κ1) is 16.5. The Labute approximate surface area is 128 Å². The molecular formula is C18H29NO2. The summed E-state index contributed by atoms with van der Waals surface area (Å²) in [5.41, 5.74) is 1.15. The van der Waals surface area contributed by atoms with Gasteiger partial charge in [-0.3, -0.25) is 0 Å². The van der Waals surface area contributed by atoms with Crippen molar-refractivity contribution in [2.45, 2.75) is 51.4 Å². The molecule has 118 valence electrons. The molecule has 0 aromatic heterocycles. The van der Waals surface area contributed by atoms with E-state index in [-0.39, 0.29) is 0 Å². The van der Waals surface area contributed by atoms with Gasteiger partial charge in [0, 0.05) is 12.6 Å². The Bertz CT molecular complexity index is 387. The highest BCUT2D eigenvalue weighted by atomic mass is 16.5. The quantitative estimate of drug-likeness (QED) is 0.838. The molecule has 1 aliphatic carbocycles. The van der Waals surface area contributed by atoms with Gasteiger partial charge in [0.25, 0.3) is 0 Å². The third-order valence-electron chi connectivity index (χ3n) is 4.53. The molecule has 1 saturated carbocycles. The fraction of sp³-hybridized carbons (Fsp3) is 0.667. The molecule has 3 heteroatoms. The number of ether oxygens (including phenoxy) is 1. The van der Waals surface area contributed by atoms with E-state index < -0.39 is 6.10 Å². The third-order valence-corrected chi connectivity index (χ3v) is 4.53. The number of likely N-dealkylation sites (N-methyl/N-ethyl adjacent to an activating group) is 1. The second-order valence-corrected chi connectivity index (χ2v) is 6.51. The van der Waals surface area contributed by atoms with Crippen molar-refractivity contribution >= 4 is 0 Å². The number of aliphatic hydroxyl groups is 1. The van der Waals surface area contributed by atoms with Crippen LogP contribution >= 0.6 is 0 Å². The second-order valence-electron chi connectivity index (χ2n) is 6.51. The van der Waals surface area contributed by atoms with E-state index in [0.717, 1.165) is 11.5 Å². The lowest BCUT2D eigenvalue weighted by Crippen LogP contribution is -2.40. The fourth-order valence-electron chi connectivity index (χ4n) is 3.10. The van der Waals surface area contributed by atoms with Crippen LogP contribution in [0.5, 0.6) is 0 Å². The van der Waals surface area contributed by atoms with Crippen LogP contribution < -0.4 is 0 Å². The van der Waals surface area contributed by atoms with Crippen molar-refractivity contribution in [1.82, 2.24) is 4.90 Å². The number of rotatable bonds is 7. The largest absolute Gasteiger partial charge is 0.389 e. The Morgan fingerprint density at radius 3 is 2.52 bits per heavy atom. The topological polar surface area (TPSA) is 32.7 Å². The van der Waals surface area contributed by atoms with Crippen LogP contribution in [0.15, 0.2) is 30.3 Å². The first-order valence-electron chi connectivity index (χ1n) is 8.15. The number of benzene rings is 1. The molecule has 0 heterocycles. The fourth-order valence-corrected chi connectivity index (χ4v) is 3.10. The maximum Gasteiger partial charge on any atom is 0.0900 e. The smallest absolute Gasteiger partial charge is 0.0900 e. The standard InChI is InChI=1S/C18H29NO2/c1-15-8-10-17(11-9-15)19(2)12-18(20)14-21-13-16-6-4-3-5-7-16/h3-7,15,17-18,20H,8-14H2,1-2H3. The van der Waals surface area contributed by atoms with E-state index in [1.807, 2.05) is 30.3 Å². The molecule has 0 bridgehead atoms. The molecule has 1 aromatic rings. The van der Waals surface area contributed by atoms with E-state index in [1.54, 1.807) is 0 Å². The number of hydrogen-bond donors (Lipinski definition) is 1. The summed E-state index contributed by atoms with van der Waals surface area (Å²) in [6, 6.07) is 10.7. The van der Waals surface area contributed by atoms with Gasteiger partial charge in [-0.15, -0.1) is 0 Å². The highest BCUT2D eigenvalue weighted by molar-refractivity contribution is 5.13. The number of aliphatic hydroxyl groups excluding tert-OH is 1. The first-order chi connectivity index (χ1) is 10.1. The van der Waals surface area contributed by atoms with E-state index in [9.17, 15) is 5.11 Å². The molecule has 0 radical (unpaired) electrons. The van der Waals surface area contributed by atoms with Crippen molar-refractivity contribution in [2.24, 2.45) is 5.92 Å². The third kappa shape index (κ3) is 5.77. The zero-order valence-electron chi connectivity index (χ0n) is 13.4. The molecule has 0 spiro atoms. The number of nitrogens with zero attached hydrogens (tertiary/aromatic N) is 1. The predicted molar refractivity (Wildman–Crippen MR) is 86.2 cm³/mol. The molecule has 0 aliphatic heterocycles. The van der Waals surface area contributed by atoms with E-state index in [2.05, 4.69) is 18.9 Å². The average molecular weight is 291 g/mol. The van der Waals surface area contributed by atoms with E-state index in [1.165, 1.54) is 25.7 Å². The molecule has 21 heavy (non-hydrogen) atoms. The Hall–Kier alpha value is -0.900. The Balaban J connectivity index is 1.63. The Morgan fingerprint density at radius 1 is 1.19 bits per heavy atom. The molecule has 1 aliphatic rings. The predicted octanol–water partition coefficient (Wildman–Crippen LogP) is 3.07. The van der Waals surface area contributed by atoms with Crippen molar-refractivity contribution in [3.05, 3.63) is 35.9 Å². The summed E-state index contributed by atoms with van der Waals surface area (Å²) < 4.78 is 5.61.